The van der Waals surface area contributed by atoms with E-state index in [1.165, 1.54) is 5.56 Å². The molecule has 1 N–H and O–H groups in total. The maximum atomic E-state index is 5.30. The summed E-state index contributed by atoms with van der Waals surface area (Å²) in [6.07, 6.45) is 6.47. The highest BCUT2D eigenvalue weighted by atomic mass is 16.3. The second-order valence-electron chi connectivity index (χ2n) is 5.15. The molecule has 1 unspecified atom stereocenters. The summed E-state index contributed by atoms with van der Waals surface area (Å²) in [5.74, 6) is 0.983. The third-order valence-electron chi connectivity index (χ3n) is 3.57. The molecule has 1 atom stereocenters. The number of nitrogens with one attached hydrogen (secondary N) is 1. The molecule has 0 aliphatic rings. The van der Waals surface area contributed by atoms with Crippen molar-refractivity contribution in [3.05, 3.63) is 54.2 Å². The van der Waals surface area contributed by atoms with Crippen LogP contribution in [0.15, 0.2) is 47.3 Å². The predicted molar refractivity (Wildman–Crippen MR) is 80.4 cm³/mol. The number of likely N-dealkylation sites (N-methyl/N-ethyl adjacent to an activating group) is 1. The van der Waals surface area contributed by atoms with Crippen molar-refractivity contribution in [2.24, 2.45) is 0 Å². The van der Waals surface area contributed by atoms with E-state index in [1.54, 1.807) is 6.26 Å². The highest BCUT2D eigenvalue weighted by molar-refractivity contribution is 5.09. The quantitative estimate of drug-likeness (QED) is 0.801. The van der Waals surface area contributed by atoms with Crippen molar-refractivity contribution in [1.29, 1.82) is 0 Å². The Bertz CT molecular complexity index is 470. The third-order valence-corrected chi connectivity index (χ3v) is 3.57. The molecular formula is C16H23N3O. The minimum Gasteiger partial charge on any atom is -0.468 e. The Kier molecular flexibility index (Phi) is 5.77. The summed E-state index contributed by atoms with van der Waals surface area (Å²) >= 11 is 0. The number of furan rings is 1. The molecule has 2 rings (SSSR count). The summed E-state index contributed by atoms with van der Waals surface area (Å²) in [6, 6.07) is 8.56. The fourth-order valence-electron chi connectivity index (χ4n) is 2.05. The zero-order valence-corrected chi connectivity index (χ0v) is 12.2. The maximum Gasteiger partial charge on any atom is 0.117 e. The highest BCUT2D eigenvalue weighted by Gasteiger charge is 2.08. The molecule has 4 heteroatoms. The van der Waals surface area contributed by atoms with Crippen LogP contribution in [0.2, 0.25) is 0 Å². The molecule has 0 amide bonds. The molecule has 4 nitrogen and oxygen atoms in total. The molecule has 0 radical (unpaired) electrons. The van der Waals surface area contributed by atoms with Crippen LogP contribution in [-0.2, 0) is 13.0 Å². The van der Waals surface area contributed by atoms with Crippen molar-refractivity contribution >= 4 is 0 Å². The van der Waals surface area contributed by atoms with Gasteiger partial charge in [-0.25, -0.2) is 0 Å². The molecule has 2 aromatic heterocycles. The Labute approximate surface area is 120 Å². The van der Waals surface area contributed by atoms with Crippen LogP contribution in [0.1, 0.15) is 18.2 Å². The van der Waals surface area contributed by atoms with Gasteiger partial charge in [0.05, 0.1) is 12.8 Å². The van der Waals surface area contributed by atoms with E-state index in [1.807, 2.05) is 24.5 Å². The van der Waals surface area contributed by atoms with Crippen molar-refractivity contribution in [3.8, 4) is 0 Å². The number of rotatable bonds is 8. The predicted octanol–water partition coefficient (Wildman–Crippen LogP) is 2.33. The van der Waals surface area contributed by atoms with E-state index in [4.69, 9.17) is 4.42 Å². The Morgan fingerprint density at radius 3 is 2.80 bits per heavy atom. The second-order valence-corrected chi connectivity index (χ2v) is 5.15. The van der Waals surface area contributed by atoms with Crippen molar-refractivity contribution in [2.75, 3.05) is 20.1 Å². The summed E-state index contributed by atoms with van der Waals surface area (Å²) in [6.45, 7) is 5.03. The van der Waals surface area contributed by atoms with E-state index in [-0.39, 0.29) is 0 Å². The summed E-state index contributed by atoms with van der Waals surface area (Å²) in [5.41, 5.74) is 1.34. The fourth-order valence-corrected chi connectivity index (χ4v) is 2.05. The Hall–Kier alpha value is -1.65. The number of hydrogen-bond donors (Lipinski definition) is 1. The van der Waals surface area contributed by atoms with Gasteiger partial charge in [-0.1, -0.05) is 0 Å². The van der Waals surface area contributed by atoms with Gasteiger partial charge in [0.1, 0.15) is 5.76 Å². The van der Waals surface area contributed by atoms with Gasteiger partial charge >= 0.3 is 0 Å². The number of pyridine rings is 1. The Balaban J connectivity index is 1.65. The average molecular weight is 273 g/mol. The SMILES string of the molecule is CC(CNCc1ccco1)N(C)CCc1ccncc1. The summed E-state index contributed by atoms with van der Waals surface area (Å²) in [7, 11) is 2.17. The molecule has 20 heavy (non-hydrogen) atoms. The molecule has 2 heterocycles. The molecule has 2 aromatic rings. The molecule has 0 saturated carbocycles. The van der Waals surface area contributed by atoms with E-state index in [9.17, 15) is 0 Å². The van der Waals surface area contributed by atoms with E-state index < -0.39 is 0 Å². The van der Waals surface area contributed by atoms with Gasteiger partial charge in [-0.05, 0) is 50.2 Å². The third kappa shape index (κ3) is 4.79. The Morgan fingerprint density at radius 1 is 1.30 bits per heavy atom. The minimum atomic E-state index is 0.492. The van der Waals surface area contributed by atoms with Gasteiger partial charge in [0, 0.05) is 31.5 Å². The molecule has 0 spiro atoms. The van der Waals surface area contributed by atoms with Crippen molar-refractivity contribution in [3.63, 3.8) is 0 Å². The van der Waals surface area contributed by atoms with Gasteiger partial charge in [-0.3, -0.25) is 4.98 Å². The lowest BCUT2D eigenvalue weighted by Gasteiger charge is -2.24. The highest BCUT2D eigenvalue weighted by Crippen LogP contribution is 2.02. The van der Waals surface area contributed by atoms with Gasteiger partial charge in [0.15, 0.2) is 0 Å². The second kappa shape index (κ2) is 7.82. The van der Waals surface area contributed by atoms with Crippen LogP contribution < -0.4 is 5.32 Å². The normalized spacial score (nSPS) is 12.8. The average Bonchev–Trinajstić information content (AvgIpc) is 2.99. The monoisotopic (exact) mass is 273 g/mol. The van der Waals surface area contributed by atoms with Gasteiger partial charge < -0.3 is 14.6 Å². The van der Waals surface area contributed by atoms with Gasteiger partial charge in [0.25, 0.3) is 0 Å². The van der Waals surface area contributed by atoms with Gasteiger partial charge in [0.2, 0.25) is 0 Å². The minimum absolute atomic E-state index is 0.492. The van der Waals surface area contributed by atoms with E-state index >= 15 is 0 Å². The van der Waals surface area contributed by atoms with E-state index in [2.05, 4.69) is 41.3 Å². The molecule has 0 saturated heterocycles. The number of nitrogens with zero attached hydrogens (tertiary/aromatic N) is 2. The summed E-state index contributed by atoms with van der Waals surface area (Å²) in [4.78, 5) is 6.41. The van der Waals surface area contributed by atoms with Crippen LogP contribution in [0.4, 0.5) is 0 Å². The number of aromatic nitrogens is 1. The van der Waals surface area contributed by atoms with Gasteiger partial charge in [-0.15, -0.1) is 0 Å². The molecule has 0 fully saturated rings. The first kappa shape index (κ1) is 14.8. The van der Waals surface area contributed by atoms with Crippen LogP contribution in [-0.4, -0.2) is 36.1 Å². The van der Waals surface area contributed by atoms with E-state index in [0.29, 0.717) is 6.04 Å². The number of hydrogen-bond acceptors (Lipinski definition) is 4. The van der Waals surface area contributed by atoms with Crippen LogP contribution in [0.5, 0.6) is 0 Å². The van der Waals surface area contributed by atoms with Gasteiger partial charge in [-0.2, -0.15) is 0 Å². The van der Waals surface area contributed by atoms with Crippen LogP contribution in [0, 0.1) is 0 Å². The van der Waals surface area contributed by atoms with Crippen LogP contribution in [0.3, 0.4) is 0 Å². The zero-order valence-electron chi connectivity index (χ0n) is 12.2. The molecule has 0 aromatic carbocycles. The molecular weight excluding hydrogens is 250 g/mol. The molecule has 0 aliphatic carbocycles. The first-order valence-corrected chi connectivity index (χ1v) is 7.08. The first-order chi connectivity index (χ1) is 9.75. The Morgan fingerprint density at radius 2 is 2.10 bits per heavy atom. The first-order valence-electron chi connectivity index (χ1n) is 7.08. The molecule has 108 valence electrons. The lowest BCUT2D eigenvalue weighted by Crippen LogP contribution is -2.38. The van der Waals surface area contributed by atoms with Crippen molar-refractivity contribution in [2.45, 2.75) is 25.9 Å². The van der Waals surface area contributed by atoms with Crippen LogP contribution >= 0.6 is 0 Å². The zero-order chi connectivity index (χ0) is 14.2. The van der Waals surface area contributed by atoms with Crippen molar-refractivity contribution < 1.29 is 4.42 Å². The molecule has 0 aliphatic heterocycles. The fraction of sp³-hybridized carbons (Fsp3) is 0.438. The van der Waals surface area contributed by atoms with E-state index in [0.717, 1.165) is 31.8 Å². The summed E-state index contributed by atoms with van der Waals surface area (Å²) in [5, 5.41) is 3.42. The molecule has 0 bridgehead atoms. The lowest BCUT2D eigenvalue weighted by atomic mass is 10.2. The topological polar surface area (TPSA) is 41.3 Å². The van der Waals surface area contributed by atoms with Crippen LogP contribution in [0.25, 0.3) is 0 Å². The van der Waals surface area contributed by atoms with Crippen molar-refractivity contribution in [1.82, 2.24) is 15.2 Å². The lowest BCUT2D eigenvalue weighted by molar-refractivity contribution is 0.252. The smallest absolute Gasteiger partial charge is 0.117 e. The largest absolute Gasteiger partial charge is 0.468 e. The standard InChI is InChI=1S/C16H23N3O/c1-14(12-18-13-16-4-3-11-20-16)19(2)10-7-15-5-8-17-9-6-15/h3-6,8-9,11,14,18H,7,10,12-13H2,1-2H3. The summed E-state index contributed by atoms with van der Waals surface area (Å²) < 4.78 is 5.30. The maximum absolute atomic E-state index is 5.30.